The van der Waals surface area contributed by atoms with Crippen molar-refractivity contribution in [1.29, 1.82) is 0 Å². The number of carbonyl (C=O) groups is 2. The van der Waals surface area contributed by atoms with Crippen LogP contribution in [-0.2, 0) is 0 Å². The van der Waals surface area contributed by atoms with E-state index >= 15 is 0 Å². The van der Waals surface area contributed by atoms with E-state index in [1.165, 1.54) is 30.5 Å². The summed E-state index contributed by atoms with van der Waals surface area (Å²) in [6.45, 7) is 0. The van der Waals surface area contributed by atoms with Crippen LogP contribution >= 0.6 is 0 Å². The Hall–Kier alpha value is -4.78. The number of rotatable bonds is 7. The van der Waals surface area contributed by atoms with Gasteiger partial charge in [0, 0.05) is 16.8 Å². The lowest BCUT2D eigenvalue weighted by atomic mass is 10.1. The Morgan fingerprint density at radius 3 is 2.12 bits per heavy atom. The summed E-state index contributed by atoms with van der Waals surface area (Å²) in [4.78, 5) is 24.6. The molecule has 34 heavy (non-hydrogen) atoms. The number of hydrogen-bond donors (Lipinski definition) is 2. The summed E-state index contributed by atoms with van der Waals surface area (Å²) in [6, 6.07) is 28.3. The fraction of sp³-hybridized carbons (Fsp3) is 0. The first-order chi connectivity index (χ1) is 16.6. The number of carbonyl (C=O) groups excluding carboxylic acids is 2. The van der Waals surface area contributed by atoms with Crippen LogP contribution in [0, 0.1) is 5.82 Å². The Kier molecular flexibility index (Phi) is 7.05. The van der Waals surface area contributed by atoms with Crippen LogP contribution in [-0.4, -0.2) is 18.0 Å². The van der Waals surface area contributed by atoms with Crippen LogP contribution in [0.15, 0.2) is 108 Å². The Labute approximate surface area is 195 Å². The van der Waals surface area contributed by atoms with Gasteiger partial charge in [0.25, 0.3) is 11.8 Å². The molecule has 0 aliphatic rings. The fourth-order valence-corrected chi connectivity index (χ4v) is 3.02. The summed E-state index contributed by atoms with van der Waals surface area (Å²) in [5.74, 6) is 0.189. The van der Waals surface area contributed by atoms with Crippen LogP contribution in [0.4, 0.5) is 10.1 Å². The van der Waals surface area contributed by atoms with E-state index < -0.39 is 11.7 Å². The van der Waals surface area contributed by atoms with Crippen molar-refractivity contribution in [3.63, 3.8) is 0 Å². The first-order valence-corrected chi connectivity index (χ1v) is 10.4. The maximum Gasteiger partial charge on any atom is 0.271 e. The smallest absolute Gasteiger partial charge is 0.271 e. The lowest BCUT2D eigenvalue weighted by Crippen LogP contribution is -2.17. The summed E-state index contributed by atoms with van der Waals surface area (Å²) in [6.07, 6.45) is 1.52. The van der Waals surface area contributed by atoms with Crippen LogP contribution in [0.2, 0.25) is 0 Å². The molecule has 7 heteroatoms. The van der Waals surface area contributed by atoms with Gasteiger partial charge in [0.15, 0.2) is 0 Å². The van der Waals surface area contributed by atoms with Crippen molar-refractivity contribution < 1.29 is 18.7 Å². The van der Waals surface area contributed by atoms with Gasteiger partial charge in [-0.25, -0.2) is 9.82 Å². The number of hydrazone groups is 1. The number of ether oxygens (including phenoxy) is 1. The minimum absolute atomic E-state index is 0.329. The molecule has 0 aliphatic heterocycles. The highest BCUT2D eigenvalue weighted by molar-refractivity contribution is 6.04. The van der Waals surface area contributed by atoms with Crippen LogP contribution in [0.3, 0.4) is 0 Å². The number of anilines is 1. The number of nitrogens with zero attached hydrogens (tertiary/aromatic N) is 1. The highest BCUT2D eigenvalue weighted by atomic mass is 19.1. The third-order valence-electron chi connectivity index (χ3n) is 4.73. The molecule has 6 nitrogen and oxygen atoms in total. The Balaban J connectivity index is 1.32. The fourth-order valence-electron chi connectivity index (χ4n) is 3.02. The molecule has 2 amide bonds. The largest absolute Gasteiger partial charge is 0.457 e. The maximum absolute atomic E-state index is 13.0. The van der Waals surface area contributed by atoms with Gasteiger partial charge in [-0.05, 0) is 78.4 Å². The zero-order valence-corrected chi connectivity index (χ0v) is 17.9. The lowest BCUT2D eigenvalue weighted by Gasteiger charge is -2.07. The average Bonchev–Trinajstić information content (AvgIpc) is 2.86. The number of hydrogen-bond acceptors (Lipinski definition) is 4. The Bertz CT molecular complexity index is 1310. The van der Waals surface area contributed by atoms with Gasteiger partial charge in [-0.15, -0.1) is 0 Å². The Morgan fingerprint density at radius 1 is 0.735 bits per heavy atom. The van der Waals surface area contributed by atoms with Crippen molar-refractivity contribution in [2.24, 2.45) is 5.10 Å². The van der Waals surface area contributed by atoms with E-state index in [1.807, 2.05) is 48.5 Å². The van der Waals surface area contributed by atoms with Gasteiger partial charge in [0.2, 0.25) is 0 Å². The molecule has 4 aromatic rings. The summed E-state index contributed by atoms with van der Waals surface area (Å²) in [7, 11) is 0. The van der Waals surface area contributed by atoms with Gasteiger partial charge in [-0.1, -0.05) is 30.3 Å². The van der Waals surface area contributed by atoms with Crippen molar-refractivity contribution in [3.8, 4) is 11.5 Å². The molecular formula is C27H20FN3O3. The van der Waals surface area contributed by atoms with Crippen molar-refractivity contribution >= 4 is 23.7 Å². The van der Waals surface area contributed by atoms with Crippen LogP contribution in [0.1, 0.15) is 26.3 Å². The third kappa shape index (κ3) is 6.14. The number of para-hydroxylation sites is 1. The number of benzene rings is 4. The van der Waals surface area contributed by atoms with Crippen molar-refractivity contribution in [2.75, 3.05) is 5.32 Å². The number of halogens is 1. The van der Waals surface area contributed by atoms with E-state index in [4.69, 9.17) is 4.74 Å². The molecule has 0 aromatic heterocycles. The van der Waals surface area contributed by atoms with Crippen LogP contribution in [0.25, 0.3) is 0 Å². The van der Waals surface area contributed by atoms with Gasteiger partial charge in [0.1, 0.15) is 17.3 Å². The van der Waals surface area contributed by atoms with Gasteiger partial charge in [-0.2, -0.15) is 5.10 Å². The zero-order chi connectivity index (χ0) is 23.8. The van der Waals surface area contributed by atoms with Crippen LogP contribution in [0.5, 0.6) is 11.5 Å². The quantitative estimate of drug-likeness (QED) is 0.281. The predicted octanol–water partition coefficient (Wildman–Crippen LogP) is 5.63. The molecule has 0 atom stereocenters. The summed E-state index contributed by atoms with van der Waals surface area (Å²) >= 11 is 0. The highest BCUT2D eigenvalue weighted by Crippen LogP contribution is 2.21. The van der Waals surface area contributed by atoms with Gasteiger partial charge in [-0.3, -0.25) is 9.59 Å². The monoisotopic (exact) mass is 453 g/mol. The second kappa shape index (κ2) is 10.7. The molecule has 0 spiro atoms. The van der Waals surface area contributed by atoms with Crippen molar-refractivity contribution in [2.45, 2.75) is 0 Å². The van der Waals surface area contributed by atoms with Gasteiger partial charge >= 0.3 is 0 Å². The molecule has 0 aliphatic carbocycles. The molecule has 0 unspecified atom stereocenters. The van der Waals surface area contributed by atoms with E-state index in [0.29, 0.717) is 22.6 Å². The van der Waals surface area contributed by atoms with Gasteiger partial charge in [0.05, 0.1) is 6.21 Å². The summed E-state index contributed by atoms with van der Waals surface area (Å²) in [5.41, 5.74) is 4.44. The second-order valence-electron chi connectivity index (χ2n) is 7.23. The van der Waals surface area contributed by atoms with E-state index in [2.05, 4.69) is 15.8 Å². The van der Waals surface area contributed by atoms with E-state index in [0.717, 1.165) is 11.3 Å². The van der Waals surface area contributed by atoms with Crippen LogP contribution < -0.4 is 15.5 Å². The molecule has 0 saturated heterocycles. The standard InChI is InChI=1S/C27H20FN3O3/c28-22-13-9-20(10-14-22)26(32)30-23-15-11-21(12-16-23)27(33)31-29-18-19-5-4-8-25(17-19)34-24-6-2-1-3-7-24/h1-18H,(H,30,32)(H,31,33)/b29-18-. The minimum Gasteiger partial charge on any atom is -0.457 e. The third-order valence-corrected chi connectivity index (χ3v) is 4.73. The summed E-state index contributed by atoms with van der Waals surface area (Å²) < 4.78 is 18.8. The normalized spacial score (nSPS) is 10.6. The molecule has 4 aromatic carbocycles. The molecule has 168 valence electrons. The van der Waals surface area contributed by atoms with Gasteiger partial charge < -0.3 is 10.1 Å². The summed E-state index contributed by atoms with van der Waals surface area (Å²) in [5, 5.41) is 6.70. The first-order valence-electron chi connectivity index (χ1n) is 10.4. The molecule has 0 fully saturated rings. The molecular weight excluding hydrogens is 433 g/mol. The molecule has 0 radical (unpaired) electrons. The highest BCUT2D eigenvalue weighted by Gasteiger charge is 2.08. The first kappa shape index (κ1) is 22.4. The lowest BCUT2D eigenvalue weighted by molar-refractivity contribution is 0.0954. The number of nitrogens with one attached hydrogen (secondary N) is 2. The molecule has 0 heterocycles. The number of amides is 2. The SMILES string of the molecule is O=C(N/N=C\c1cccc(Oc2ccccc2)c1)c1ccc(NC(=O)c2ccc(F)cc2)cc1. The van der Waals surface area contributed by atoms with E-state index in [-0.39, 0.29) is 5.91 Å². The zero-order valence-electron chi connectivity index (χ0n) is 17.9. The Morgan fingerprint density at radius 2 is 1.38 bits per heavy atom. The molecule has 4 rings (SSSR count). The second-order valence-corrected chi connectivity index (χ2v) is 7.23. The minimum atomic E-state index is -0.414. The molecule has 2 N–H and O–H groups in total. The average molecular weight is 453 g/mol. The van der Waals surface area contributed by atoms with E-state index in [1.54, 1.807) is 30.3 Å². The van der Waals surface area contributed by atoms with E-state index in [9.17, 15) is 14.0 Å². The topological polar surface area (TPSA) is 79.8 Å². The molecule has 0 bridgehead atoms. The maximum atomic E-state index is 13.0. The molecule has 0 saturated carbocycles. The van der Waals surface area contributed by atoms with Crippen molar-refractivity contribution in [1.82, 2.24) is 5.43 Å². The predicted molar refractivity (Wildman–Crippen MR) is 129 cm³/mol. The van der Waals surface area contributed by atoms with Crippen molar-refractivity contribution in [3.05, 3.63) is 126 Å².